The third kappa shape index (κ3) is 3.65. The molecule has 1 aromatic heterocycles. The number of carboxylic acid groups (broad SMARTS) is 1. The number of aliphatic carboxylic acids is 1. The van der Waals surface area contributed by atoms with Crippen LogP contribution >= 0.6 is 51.2 Å². The molecule has 1 saturated heterocycles. The van der Waals surface area contributed by atoms with Crippen molar-refractivity contribution in [1.82, 2.24) is 4.90 Å². The minimum atomic E-state index is -0.944. The van der Waals surface area contributed by atoms with Gasteiger partial charge in [0.2, 0.25) is 0 Å². The van der Waals surface area contributed by atoms with Gasteiger partial charge in [-0.2, -0.15) is 0 Å². The van der Waals surface area contributed by atoms with Crippen LogP contribution in [0.1, 0.15) is 11.3 Å². The standard InChI is InChI=1S/C11H8BrNO3S3/c12-6-3-7(18-5-6)4-8-10(16)13(11(17)19-8)2-1-9(14)15/h3-5H,1-2H2,(H,14,15)/b8-4+. The molecule has 0 aliphatic carbocycles. The summed E-state index contributed by atoms with van der Waals surface area (Å²) in [5.41, 5.74) is 0. The molecule has 2 rings (SSSR count). The lowest BCUT2D eigenvalue weighted by atomic mass is 10.3. The fourth-order valence-corrected chi connectivity index (χ4v) is 4.18. The molecule has 1 aliphatic heterocycles. The number of carbonyl (C=O) groups excluding carboxylic acids is 1. The van der Waals surface area contributed by atoms with Gasteiger partial charge in [-0.25, -0.2) is 0 Å². The Balaban J connectivity index is 2.13. The van der Waals surface area contributed by atoms with Crippen molar-refractivity contribution in [2.45, 2.75) is 6.42 Å². The van der Waals surface area contributed by atoms with E-state index in [1.165, 1.54) is 28.0 Å². The molecule has 2 heterocycles. The van der Waals surface area contributed by atoms with Gasteiger partial charge in [0, 0.05) is 21.3 Å². The zero-order chi connectivity index (χ0) is 14.0. The van der Waals surface area contributed by atoms with Crippen molar-refractivity contribution in [3.63, 3.8) is 0 Å². The van der Waals surface area contributed by atoms with E-state index in [1.807, 2.05) is 11.4 Å². The summed E-state index contributed by atoms with van der Waals surface area (Å²) < 4.78 is 1.37. The minimum Gasteiger partial charge on any atom is -0.481 e. The highest BCUT2D eigenvalue weighted by Crippen LogP contribution is 2.34. The Morgan fingerprint density at radius 3 is 2.89 bits per heavy atom. The number of carboxylic acids is 1. The van der Waals surface area contributed by atoms with Crippen LogP contribution < -0.4 is 0 Å². The molecular formula is C11H8BrNO3S3. The minimum absolute atomic E-state index is 0.107. The van der Waals surface area contributed by atoms with Gasteiger partial charge >= 0.3 is 5.97 Å². The summed E-state index contributed by atoms with van der Waals surface area (Å²) in [6.07, 6.45) is 1.67. The predicted molar refractivity (Wildman–Crippen MR) is 84.2 cm³/mol. The SMILES string of the molecule is O=C(O)CCN1C(=O)/C(=C\c2cc(Br)cs2)SC1=S. The number of thiophene rings is 1. The first kappa shape index (κ1) is 14.7. The third-order valence-corrected chi connectivity index (χ3v) is 5.30. The van der Waals surface area contributed by atoms with E-state index in [1.54, 1.807) is 6.08 Å². The second-order valence-corrected chi connectivity index (χ2v) is 7.18. The van der Waals surface area contributed by atoms with E-state index in [9.17, 15) is 9.59 Å². The van der Waals surface area contributed by atoms with Crippen LogP contribution in [0.25, 0.3) is 6.08 Å². The van der Waals surface area contributed by atoms with Gasteiger partial charge in [-0.15, -0.1) is 11.3 Å². The van der Waals surface area contributed by atoms with E-state index < -0.39 is 5.97 Å². The lowest BCUT2D eigenvalue weighted by molar-refractivity contribution is -0.137. The van der Waals surface area contributed by atoms with Gasteiger partial charge in [0.15, 0.2) is 0 Å². The van der Waals surface area contributed by atoms with Gasteiger partial charge in [-0.3, -0.25) is 14.5 Å². The number of thioether (sulfide) groups is 1. The number of thiocarbonyl (C=S) groups is 1. The van der Waals surface area contributed by atoms with Crippen molar-refractivity contribution in [1.29, 1.82) is 0 Å². The number of rotatable bonds is 4. The van der Waals surface area contributed by atoms with Gasteiger partial charge in [0.1, 0.15) is 4.32 Å². The van der Waals surface area contributed by atoms with E-state index >= 15 is 0 Å². The second kappa shape index (κ2) is 6.17. The monoisotopic (exact) mass is 377 g/mol. The maximum atomic E-state index is 12.1. The van der Waals surface area contributed by atoms with Gasteiger partial charge in [-0.05, 0) is 28.1 Å². The number of hydrogen-bond acceptors (Lipinski definition) is 5. The molecule has 0 spiro atoms. The molecular weight excluding hydrogens is 370 g/mol. The summed E-state index contributed by atoms with van der Waals surface area (Å²) in [4.78, 5) is 25.4. The lowest BCUT2D eigenvalue weighted by Gasteiger charge is -2.12. The Hall–Kier alpha value is -0.700. The molecule has 8 heteroatoms. The Bertz CT molecular complexity index is 581. The van der Waals surface area contributed by atoms with E-state index in [0.29, 0.717) is 9.23 Å². The Morgan fingerprint density at radius 1 is 1.58 bits per heavy atom. The predicted octanol–water partition coefficient (Wildman–Crippen LogP) is 3.19. The topological polar surface area (TPSA) is 57.6 Å². The molecule has 0 aromatic carbocycles. The number of amides is 1. The summed E-state index contributed by atoms with van der Waals surface area (Å²) in [5, 5.41) is 10.6. The molecule has 1 fully saturated rings. The van der Waals surface area contributed by atoms with Crippen LogP contribution in [-0.2, 0) is 9.59 Å². The zero-order valence-electron chi connectivity index (χ0n) is 9.46. The molecule has 1 aliphatic rings. The molecule has 0 atom stereocenters. The van der Waals surface area contributed by atoms with Gasteiger partial charge in [0.25, 0.3) is 5.91 Å². The molecule has 0 bridgehead atoms. The highest BCUT2D eigenvalue weighted by molar-refractivity contribution is 9.10. The first-order chi connectivity index (χ1) is 8.97. The Labute approximate surface area is 131 Å². The maximum Gasteiger partial charge on any atom is 0.305 e. The Morgan fingerprint density at radius 2 is 2.32 bits per heavy atom. The van der Waals surface area contributed by atoms with Gasteiger partial charge in [0.05, 0.1) is 11.3 Å². The van der Waals surface area contributed by atoms with Gasteiger partial charge in [-0.1, -0.05) is 24.0 Å². The fraction of sp³-hybridized carbons (Fsp3) is 0.182. The number of nitrogens with zero attached hydrogens (tertiary/aromatic N) is 1. The lowest BCUT2D eigenvalue weighted by Crippen LogP contribution is -2.30. The van der Waals surface area contributed by atoms with Crippen molar-refractivity contribution in [2.24, 2.45) is 0 Å². The van der Waals surface area contributed by atoms with Crippen molar-refractivity contribution in [3.8, 4) is 0 Å². The summed E-state index contributed by atoms with van der Waals surface area (Å²) in [5.74, 6) is -1.17. The molecule has 1 amide bonds. The largest absolute Gasteiger partial charge is 0.481 e. The van der Waals surface area contributed by atoms with E-state index in [0.717, 1.165) is 9.35 Å². The smallest absolute Gasteiger partial charge is 0.305 e. The molecule has 4 nitrogen and oxygen atoms in total. The average Bonchev–Trinajstić information content (AvgIpc) is 2.83. The zero-order valence-corrected chi connectivity index (χ0v) is 13.5. The molecule has 1 N–H and O–H groups in total. The third-order valence-electron chi connectivity index (χ3n) is 2.28. The first-order valence-corrected chi connectivity index (χ1v) is 8.08. The van der Waals surface area contributed by atoms with Crippen LogP contribution in [0, 0.1) is 0 Å². The van der Waals surface area contributed by atoms with Crippen LogP contribution in [0.3, 0.4) is 0 Å². The summed E-state index contributed by atoms with van der Waals surface area (Å²) >= 11 is 11.2. The van der Waals surface area contributed by atoms with E-state index in [4.69, 9.17) is 17.3 Å². The maximum absolute atomic E-state index is 12.1. The van der Waals surface area contributed by atoms with E-state index in [-0.39, 0.29) is 18.9 Å². The van der Waals surface area contributed by atoms with Crippen LogP contribution in [0.2, 0.25) is 0 Å². The molecule has 100 valence electrons. The van der Waals surface area contributed by atoms with Gasteiger partial charge < -0.3 is 5.11 Å². The van der Waals surface area contributed by atoms with Crippen molar-refractivity contribution in [3.05, 3.63) is 25.7 Å². The fourth-order valence-electron chi connectivity index (χ4n) is 1.43. The molecule has 0 radical (unpaired) electrons. The number of hydrogen-bond donors (Lipinski definition) is 1. The van der Waals surface area contributed by atoms with Crippen LogP contribution in [0.4, 0.5) is 0 Å². The highest BCUT2D eigenvalue weighted by atomic mass is 79.9. The molecule has 0 saturated carbocycles. The van der Waals surface area contributed by atoms with Crippen molar-refractivity contribution >= 4 is 73.5 Å². The average molecular weight is 378 g/mol. The molecule has 1 aromatic rings. The molecule has 19 heavy (non-hydrogen) atoms. The quantitative estimate of drug-likeness (QED) is 0.644. The van der Waals surface area contributed by atoms with Crippen LogP contribution in [0.15, 0.2) is 20.8 Å². The summed E-state index contributed by atoms with van der Waals surface area (Å²) in [7, 11) is 0. The number of halogens is 1. The van der Waals surface area contributed by atoms with E-state index in [2.05, 4.69) is 15.9 Å². The van der Waals surface area contributed by atoms with Crippen LogP contribution in [0.5, 0.6) is 0 Å². The van der Waals surface area contributed by atoms with Crippen molar-refractivity contribution in [2.75, 3.05) is 6.54 Å². The number of carbonyl (C=O) groups is 2. The molecule has 0 unspecified atom stereocenters. The normalized spacial score (nSPS) is 17.5. The summed E-state index contributed by atoms with van der Waals surface area (Å²) in [6.45, 7) is 0.117. The second-order valence-electron chi connectivity index (χ2n) is 3.64. The van der Waals surface area contributed by atoms with Crippen LogP contribution in [-0.4, -0.2) is 32.7 Å². The van der Waals surface area contributed by atoms with Crippen molar-refractivity contribution < 1.29 is 14.7 Å². The highest BCUT2D eigenvalue weighted by Gasteiger charge is 2.32. The summed E-state index contributed by atoms with van der Waals surface area (Å²) in [6, 6.07) is 1.91. The first-order valence-electron chi connectivity index (χ1n) is 5.18. The Kier molecular flexibility index (Phi) is 4.77.